The predicted molar refractivity (Wildman–Crippen MR) is 234 cm³/mol. The van der Waals surface area contributed by atoms with E-state index in [2.05, 4.69) is 26.8 Å². The molecule has 18 heteroatoms. The summed E-state index contributed by atoms with van der Waals surface area (Å²) in [6.45, 7) is 16.8. The number of aliphatic hydroxyl groups is 12. The Morgan fingerprint density at radius 3 is 1.89 bits per heavy atom. The number of ether oxygens (including phenoxy) is 6. The molecule has 2 unspecified atom stereocenters. The maximum atomic E-state index is 12.7. The third-order valence-electron chi connectivity index (χ3n) is 18.7. The molecule has 7 fully saturated rings. The van der Waals surface area contributed by atoms with Crippen molar-refractivity contribution < 1.29 is 89.7 Å². The third kappa shape index (κ3) is 8.69. The first-order valence-electron chi connectivity index (χ1n) is 24.3. The molecule has 18 nitrogen and oxygen atoms in total. The standard InChI is InChI=1S/C48H82O18/c1-21(2)11-10-14-48(9,66-42-38(60)35(57)32(54)26(19-49)63-42)23-12-16-46(7)30(23)24(51)17-28-45(6)15-13-29(52)44(4,5)40(45)25(18-47(28,46)8)62-43-39(36(58)33(55)27(20-50)64-43)65-41-37(59)34(56)31(53)22(3)61-41/h11,22-43,49-60H,10,12-20H2,1-9H3/t22-,23-,24+,25-,26+,27+,28?,29-,30+,31-,32+,33+,34+,35?,36-,37+,38+,39+,40-,41-,42-,43+,45+,46+,47+,48-/m0/s1. The monoisotopic (exact) mass is 947 g/mol. The second-order valence-electron chi connectivity index (χ2n) is 23.0. The molecule has 0 spiro atoms. The van der Waals surface area contributed by atoms with Gasteiger partial charge in [-0.1, -0.05) is 46.3 Å². The topological polar surface area (TPSA) is 298 Å². The van der Waals surface area contributed by atoms with Gasteiger partial charge in [-0.3, -0.25) is 0 Å². The molecule has 0 aromatic carbocycles. The molecule has 26 atom stereocenters. The van der Waals surface area contributed by atoms with Crippen LogP contribution in [0.15, 0.2) is 11.6 Å². The van der Waals surface area contributed by atoms with Crippen molar-refractivity contribution in [2.24, 2.45) is 45.3 Å². The summed E-state index contributed by atoms with van der Waals surface area (Å²) < 4.78 is 38.1. The Bertz CT molecular complexity index is 1700. The molecular weight excluding hydrogens is 865 g/mol. The highest BCUT2D eigenvalue weighted by Crippen LogP contribution is 2.76. The van der Waals surface area contributed by atoms with Gasteiger partial charge < -0.3 is 89.7 Å². The van der Waals surface area contributed by atoms with Crippen LogP contribution in [-0.2, 0) is 28.4 Å². The number of aliphatic hydroxyl groups excluding tert-OH is 12. The predicted octanol–water partition coefficient (Wildman–Crippen LogP) is -0.0284. The minimum Gasteiger partial charge on any atom is -0.394 e. The van der Waals surface area contributed by atoms with E-state index in [1.165, 1.54) is 6.92 Å². The van der Waals surface area contributed by atoms with Crippen LogP contribution in [-0.4, -0.2) is 191 Å². The van der Waals surface area contributed by atoms with E-state index in [1.807, 2.05) is 34.6 Å². The molecule has 3 aliphatic heterocycles. The zero-order valence-corrected chi connectivity index (χ0v) is 40.2. The lowest BCUT2D eigenvalue weighted by Gasteiger charge is -2.72. The van der Waals surface area contributed by atoms with E-state index in [9.17, 15) is 61.3 Å². The first-order chi connectivity index (χ1) is 30.7. The molecule has 0 bridgehead atoms. The van der Waals surface area contributed by atoms with E-state index in [-0.39, 0.29) is 23.7 Å². The largest absolute Gasteiger partial charge is 0.394 e. The number of hydrogen-bond donors (Lipinski definition) is 12. The van der Waals surface area contributed by atoms with Crippen molar-refractivity contribution in [1.82, 2.24) is 0 Å². The molecule has 0 aromatic rings. The SMILES string of the molecule is CC(C)=CCC[C@](C)(O[C@@H]1O[C@H](CO)[C@@H](O)C(O)[C@H]1O)[C@H]1CC[C@]2(C)[C@H]1[C@H](O)CC1[C@@]3(C)CC[C@H](O)C(C)(C)[C@@H]3[C@@H](O[C@@H]3O[C@H](CO)[C@@H](O)[C@H](O)[C@H]3O[C@@H]3O[C@@H](C)[C@H](O)[C@@H](O)[C@H]3O)C[C@]12C. The molecule has 3 heterocycles. The van der Waals surface area contributed by atoms with Gasteiger partial charge in [0.2, 0.25) is 0 Å². The Labute approximate surface area is 388 Å². The van der Waals surface area contributed by atoms with E-state index in [0.717, 1.165) is 5.57 Å². The number of allylic oxidation sites excluding steroid dienone is 2. The van der Waals surface area contributed by atoms with Gasteiger partial charge in [0.15, 0.2) is 18.9 Å². The van der Waals surface area contributed by atoms with Crippen LogP contribution < -0.4 is 0 Å². The molecule has 4 aliphatic carbocycles. The molecule has 0 amide bonds. The van der Waals surface area contributed by atoms with Gasteiger partial charge in [-0.05, 0) is 124 Å². The quantitative estimate of drug-likeness (QED) is 0.0904. The van der Waals surface area contributed by atoms with Crippen LogP contribution in [0.1, 0.15) is 114 Å². The number of rotatable bonds is 12. The highest BCUT2D eigenvalue weighted by molar-refractivity contribution is 5.22. The molecule has 0 aromatic heterocycles. The zero-order valence-electron chi connectivity index (χ0n) is 40.2. The molecular formula is C48H82O18. The van der Waals surface area contributed by atoms with E-state index in [0.29, 0.717) is 51.4 Å². The fourth-order valence-electron chi connectivity index (χ4n) is 14.9. The summed E-state index contributed by atoms with van der Waals surface area (Å²) in [6.07, 6.45) is -18.3. The Hall–Kier alpha value is -0.980. The van der Waals surface area contributed by atoms with E-state index >= 15 is 0 Å². The summed E-state index contributed by atoms with van der Waals surface area (Å²) in [5.41, 5.74) is -2.43. The zero-order chi connectivity index (χ0) is 48.8. The summed E-state index contributed by atoms with van der Waals surface area (Å²) in [6, 6.07) is 0. The molecule has 3 saturated heterocycles. The lowest BCUT2D eigenvalue weighted by molar-refractivity contribution is -0.382. The van der Waals surface area contributed by atoms with Crippen molar-refractivity contribution in [2.75, 3.05) is 13.2 Å². The van der Waals surface area contributed by atoms with Gasteiger partial charge in [-0.25, -0.2) is 0 Å². The van der Waals surface area contributed by atoms with Crippen LogP contribution in [0, 0.1) is 45.3 Å². The Morgan fingerprint density at radius 2 is 1.27 bits per heavy atom. The van der Waals surface area contributed by atoms with Gasteiger partial charge in [0, 0.05) is 0 Å². The first-order valence-corrected chi connectivity index (χ1v) is 24.3. The summed E-state index contributed by atoms with van der Waals surface area (Å²) in [7, 11) is 0. The minimum atomic E-state index is -1.75. The van der Waals surface area contributed by atoms with Crippen LogP contribution in [0.25, 0.3) is 0 Å². The van der Waals surface area contributed by atoms with Crippen molar-refractivity contribution >= 4 is 0 Å². The lowest BCUT2D eigenvalue weighted by atomic mass is 9.34. The normalized spacial score (nSPS) is 53.5. The minimum absolute atomic E-state index is 0.0861. The summed E-state index contributed by atoms with van der Waals surface area (Å²) in [5, 5.41) is 132. The van der Waals surface area contributed by atoms with Crippen LogP contribution in [0.3, 0.4) is 0 Å². The van der Waals surface area contributed by atoms with Crippen LogP contribution in [0.5, 0.6) is 0 Å². The van der Waals surface area contributed by atoms with Crippen molar-refractivity contribution in [3.8, 4) is 0 Å². The molecule has 12 N–H and O–H groups in total. The maximum Gasteiger partial charge on any atom is 0.187 e. The smallest absolute Gasteiger partial charge is 0.187 e. The Balaban J connectivity index is 1.27. The van der Waals surface area contributed by atoms with Crippen molar-refractivity contribution in [3.63, 3.8) is 0 Å². The fraction of sp³-hybridized carbons (Fsp3) is 0.958. The summed E-state index contributed by atoms with van der Waals surface area (Å²) >= 11 is 0. The average Bonchev–Trinajstić information content (AvgIpc) is 3.64. The Morgan fingerprint density at radius 1 is 0.682 bits per heavy atom. The van der Waals surface area contributed by atoms with Gasteiger partial charge in [0.25, 0.3) is 0 Å². The van der Waals surface area contributed by atoms with Gasteiger partial charge in [-0.15, -0.1) is 0 Å². The molecule has 0 radical (unpaired) electrons. The van der Waals surface area contributed by atoms with Gasteiger partial charge >= 0.3 is 0 Å². The fourth-order valence-corrected chi connectivity index (χ4v) is 14.9. The van der Waals surface area contributed by atoms with Crippen LogP contribution in [0.4, 0.5) is 0 Å². The number of fused-ring (bicyclic) bond motifs is 5. The van der Waals surface area contributed by atoms with Crippen LogP contribution >= 0.6 is 0 Å². The molecule has 66 heavy (non-hydrogen) atoms. The first kappa shape index (κ1) is 52.8. The highest BCUT2D eigenvalue weighted by atomic mass is 16.8. The maximum absolute atomic E-state index is 12.7. The third-order valence-corrected chi connectivity index (χ3v) is 18.7. The Kier molecular flexibility index (Phi) is 15.4. The van der Waals surface area contributed by atoms with E-state index < -0.39 is 151 Å². The molecule has 7 rings (SSSR count). The van der Waals surface area contributed by atoms with E-state index in [1.54, 1.807) is 0 Å². The van der Waals surface area contributed by atoms with Crippen LogP contribution in [0.2, 0.25) is 0 Å². The van der Waals surface area contributed by atoms with Gasteiger partial charge in [0.05, 0.1) is 43.2 Å². The van der Waals surface area contributed by atoms with Gasteiger partial charge in [0.1, 0.15) is 67.1 Å². The van der Waals surface area contributed by atoms with Gasteiger partial charge in [-0.2, -0.15) is 0 Å². The highest BCUT2D eigenvalue weighted by Gasteiger charge is 2.74. The van der Waals surface area contributed by atoms with Crippen molar-refractivity contribution in [3.05, 3.63) is 11.6 Å². The second-order valence-corrected chi connectivity index (χ2v) is 23.0. The van der Waals surface area contributed by atoms with E-state index in [4.69, 9.17) is 28.4 Å². The summed E-state index contributed by atoms with van der Waals surface area (Å²) in [5.74, 6) is -1.12. The second kappa shape index (κ2) is 19.2. The molecule has 7 aliphatic rings. The van der Waals surface area contributed by atoms with Crippen molar-refractivity contribution in [1.29, 1.82) is 0 Å². The molecule has 382 valence electrons. The van der Waals surface area contributed by atoms with Crippen molar-refractivity contribution in [2.45, 2.75) is 230 Å². The molecule has 4 saturated carbocycles. The number of hydrogen-bond acceptors (Lipinski definition) is 18. The summed E-state index contributed by atoms with van der Waals surface area (Å²) in [4.78, 5) is 0. The average molecular weight is 947 g/mol. The lowest BCUT2D eigenvalue weighted by Crippen LogP contribution is -2.71.